The van der Waals surface area contributed by atoms with E-state index in [1.807, 2.05) is 66.7 Å². The third-order valence-electron chi connectivity index (χ3n) is 5.85. The predicted octanol–water partition coefficient (Wildman–Crippen LogP) is 4.95. The standard InChI is InChI=1S/C27H26N4O4/c1-33-19-14-17(15-20(16-19)34-2)31-23(12-13-35-18-8-4-3-5-9-18)25(32)24(26(31)28)27-29-21-10-6-7-11-22(21)30-27/h3-11,14-16,32H,12-13,28H2,1-2H3,(H,29,30). The third kappa shape index (κ3) is 4.21. The molecule has 0 fully saturated rings. The van der Waals surface area contributed by atoms with Gasteiger partial charge in [-0.3, -0.25) is 4.57 Å². The smallest absolute Gasteiger partial charge is 0.150 e. The summed E-state index contributed by atoms with van der Waals surface area (Å²) in [5.74, 6) is 2.82. The Kier molecular flexibility index (Phi) is 5.93. The highest BCUT2D eigenvalue weighted by atomic mass is 16.5. The average molecular weight is 471 g/mol. The molecule has 0 aliphatic heterocycles. The number of aromatic hydroxyl groups is 1. The van der Waals surface area contributed by atoms with Crippen molar-refractivity contribution in [2.75, 3.05) is 26.6 Å². The second-order valence-corrected chi connectivity index (χ2v) is 7.98. The molecule has 8 heteroatoms. The van der Waals surface area contributed by atoms with Crippen LogP contribution >= 0.6 is 0 Å². The molecular formula is C27H26N4O4. The maximum absolute atomic E-state index is 11.4. The van der Waals surface area contributed by atoms with Gasteiger partial charge in [0.25, 0.3) is 0 Å². The van der Waals surface area contributed by atoms with E-state index >= 15 is 0 Å². The highest BCUT2D eigenvalue weighted by molar-refractivity contribution is 5.86. The Hall–Kier alpha value is -4.59. The van der Waals surface area contributed by atoms with Gasteiger partial charge in [-0.05, 0) is 24.3 Å². The number of fused-ring (bicyclic) bond motifs is 1. The number of aromatic nitrogens is 3. The first kappa shape index (κ1) is 22.2. The van der Waals surface area contributed by atoms with Crippen LogP contribution in [0.5, 0.6) is 23.0 Å². The molecule has 4 N–H and O–H groups in total. The molecule has 2 aromatic heterocycles. The Bertz CT molecular complexity index is 1420. The normalized spacial score (nSPS) is 11.0. The lowest BCUT2D eigenvalue weighted by molar-refractivity contribution is 0.317. The molecule has 0 bridgehead atoms. The summed E-state index contributed by atoms with van der Waals surface area (Å²) in [6.45, 7) is 0.335. The zero-order valence-electron chi connectivity index (χ0n) is 19.5. The first-order chi connectivity index (χ1) is 17.1. The molecule has 178 valence electrons. The Morgan fingerprint density at radius 2 is 1.60 bits per heavy atom. The topological polar surface area (TPSA) is 108 Å². The number of ether oxygens (including phenoxy) is 3. The van der Waals surface area contributed by atoms with Crippen LogP contribution in [0.2, 0.25) is 0 Å². The van der Waals surface area contributed by atoms with Gasteiger partial charge in [-0.1, -0.05) is 30.3 Å². The lowest BCUT2D eigenvalue weighted by Gasteiger charge is -2.15. The predicted molar refractivity (Wildman–Crippen MR) is 136 cm³/mol. The van der Waals surface area contributed by atoms with Gasteiger partial charge in [0.2, 0.25) is 0 Å². The Balaban J connectivity index is 1.63. The maximum atomic E-state index is 11.4. The van der Waals surface area contributed by atoms with E-state index in [4.69, 9.17) is 19.9 Å². The maximum Gasteiger partial charge on any atom is 0.150 e. The summed E-state index contributed by atoms with van der Waals surface area (Å²) in [7, 11) is 3.17. The number of aromatic amines is 1. The largest absolute Gasteiger partial charge is 0.505 e. The number of nitrogen functional groups attached to an aromatic ring is 1. The summed E-state index contributed by atoms with van der Waals surface area (Å²) in [4.78, 5) is 7.93. The summed E-state index contributed by atoms with van der Waals surface area (Å²) in [5, 5.41) is 11.4. The molecule has 5 rings (SSSR count). The number of nitrogens with zero attached hydrogens (tertiary/aromatic N) is 2. The lowest BCUT2D eigenvalue weighted by atomic mass is 10.2. The first-order valence-electron chi connectivity index (χ1n) is 11.2. The number of nitrogens with two attached hydrogens (primary N) is 1. The summed E-state index contributed by atoms with van der Waals surface area (Å²) in [6, 6.07) is 22.7. The average Bonchev–Trinajstić information content (AvgIpc) is 3.42. The van der Waals surface area contributed by atoms with Crippen LogP contribution in [0, 0.1) is 0 Å². The fourth-order valence-corrected chi connectivity index (χ4v) is 4.16. The van der Waals surface area contributed by atoms with Crippen molar-refractivity contribution in [3.05, 3.63) is 78.5 Å². The Morgan fingerprint density at radius 3 is 2.29 bits per heavy atom. The van der Waals surface area contributed by atoms with E-state index in [0.29, 0.717) is 53.1 Å². The van der Waals surface area contributed by atoms with Gasteiger partial charge in [-0.2, -0.15) is 0 Å². The number of para-hydroxylation sites is 3. The Morgan fingerprint density at radius 1 is 0.914 bits per heavy atom. The van der Waals surface area contributed by atoms with Gasteiger partial charge in [0.1, 0.15) is 40.2 Å². The van der Waals surface area contributed by atoms with Crippen LogP contribution < -0.4 is 19.9 Å². The minimum Gasteiger partial charge on any atom is -0.505 e. The molecule has 2 heterocycles. The van der Waals surface area contributed by atoms with E-state index in [2.05, 4.69) is 9.97 Å². The minimum atomic E-state index is 0.0417. The van der Waals surface area contributed by atoms with Crippen LogP contribution in [0.3, 0.4) is 0 Å². The highest BCUT2D eigenvalue weighted by Gasteiger charge is 2.26. The molecule has 0 radical (unpaired) electrons. The summed E-state index contributed by atoms with van der Waals surface area (Å²) < 4.78 is 18.6. The highest BCUT2D eigenvalue weighted by Crippen LogP contribution is 2.42. The molecule has 5 aromatic rings. The van der Waals surface area contributed by atoms with E-state index in [9.17, 15) is 5.11 Å². The van der Waals surface area contributed by atoms with Crippen LogP contribution in [0.4, 0.5) is 5.82 Å². The zero-order chi connectivity index (χ0) is 24.4. The van der Waals surface area contributed by atoms with Gasteiger partial charge in [0.15, 0.2) is 0 Å². The zero-order valence-corrected chi connectivity index (χ0v) is 19.5. The van der Waals surface area contributed by atoms with Gasteiger partial charge < -0.3 is 30.0 Å². The molecule has 3 aromatic carbocycles. The molecule has 0 aliphatic carbocycles. The van der Waals surface area contributed by atoms with Crippen molar-refractivity contribution in [2.24, 2.45) is 0 Å². The number of nitrogens with one attached hydrogen (secondary N) is 1. The van der Waals surface area contributed by atoms with E-state index < -0.39 is 0 Å². The van der Waals surface area contributed by atoms with Crippen molar-refractivity contribution in [3.8, 4) is 40.1 Å². The summed E-state index contributed by atoms with van der Waals surface area (Å²) in [6.07, 6.45) is 0.394. The van der Waals surface area contributed by atoms with Crippen molar-refractivity contribution in [1.29, 1.82) is 0 Å². The molecule has 8 nitrogen and oxygen atoms in total. The monoisotopic (exact) mass is 470 g/mol. The quantitative estimate of drug-likeness (QED) is 0.296. The molecule has 0 unspecified atom stereocenters. The van der Waals surface area contributed by atoms with Crippen molar-refractivity contribution in [3.63, 3.8) is 0 Å². The van der Waals surface area contributed by atoms with Crippen LogP contribution in [-0.4, -0.2) is 40.5 Å². The molecule has 35 heavy (non-hydrogen) atoms. The summed E-state index contributed by atoms with van der Waals surface area (Å²) in [5.41, 5.74) is 10.0. The van der Waals surface area contributed by atoms with Crippen molar-refractivity contribution in [1.82, 2.24) is 14.5 Å². The molecule has 0 atom stereocenters. The number of anilines is 1. The van der Waals surface area contributed by atoms with Crippen molar-refractivity contribution in [2.45, 2.75) is 6.42 Å². The van der Waals surface area contributed by atoms with Crippen LogP contribution in [0.25, 0.3) is 28.1 Å². The van der Waals surface area contributed by atoms with Crippen molar-refractivity contribution >= 4 is 16.9 Å². The van der Waals surface area contributed by atoms with Gasteiger partial charge in [-0.25, -0.2) is 4.98 Å². The summed E-state index contributed by atoms with van der Waals surface area (Å²) >= 11 is 0. The second kappa shape index (κ2) is 9.34. The van der Waals surface area contributed by atoms with Crippen LogP contribution in [-0.2, 0) is 6.42 Å². The number of rotatable bonds is 8. The molecule has 0 spiro atoms. The fraction of sp³-hybridized carbons (Fsp3) is 0.148. The number of benzene rings is 3. The fourth-order valence-electron chi connectivity index (χ4n) is 4.16. The van der Waals surface area contributed by atoms with Gasteiger partial charge in [-0.15, -0.1) is 0 Å². The molecule has 0 amide bonds. The van der Waals surface area contributed by atoms with E-state index in [1.54, 1.807) is 24.9 Å². The number of hydrogen-bond acceptors (Lipinski definition) is 6. The number of methoxy groups -OCH3 is 2. The van der Waals surface area contributed by atoms with Gasteiger partial charge in [0, 0.05) is 24.6 Å². The van der Waals surface area contributed by atoms with E-state index in [-0.39, 0.29) is 5.75 Å². The minimum absolute atomic E-state index is 0.0417. The van der Waals surface area contributed by atoms with Gasteiger partial charge in [0.05, 0.1) is 43.2 Å². The number of hydrogen-bond donors (Lipinski definition) is 3. The van der Waals surface area contributed by atoms with E-state index in [1.165, 1.54) is 0 Å². The first-order valence-corrected chi connectivity index (χ1v) is 11.2. The van der Waals surface area contributed by atoms with Crippen LogP contribution in [0.15, 0.2) is 72.8 Å². The van der Waals surface area contributed by atoms with Crippen molar-refractivity contribution < 1.29 is 19.3 Å². The molecule has 0 saturated carbocycles. The molecular weight excluding hydrogens is 444 g/mol. The third-order valence-corrected chi connectivity index (χ3v) is 5.85. The van der Waals surface area contributed by atoms with E-state index in [0.717, 1.165) is 16.8 Å². The second-order valence-electron chi connectivity index (χ2n) is 7.98. The van der Waals surface area contributed by atoms with Crippen LogP contribution in [0.1, 0.15) is 5.69 Å². The number of H-pyrrole nitrogens is 1. The van der Waals surface area contributed by atoms with Gasteiger partial charge >= 0.3 is 0 Å². The molecule has 0 saturated heterocycles. The number of imidazole rings is 1. The Labute approximate surface area is 202 Å². The SMILES string of the molecule is COc1cc(OC)cc(-n2c(N)c(-c3nc4ccccc4[nH]3)c(O)c2CCOc2ccccc2)c1. The molecule has 0 aliphatic rings. The lowest BCUT2D eigenvalue weighted by Crippen LogP contribution is -2.09.